The fraction of sp³-hybridized carbons (Fsp3) is 0.300. The van der Waals surface area contributed by atoms with Crippen molar-refractivity contribution < 1.29 is 4.79 Å². The highest BCUT2D eigenvalue weighted by molar-refractivity contribution is 6.02. The third kappa shape index (κ3) is 1.21. The van der Waals surface area contributed by atoms with Crippen molar-refractivity contribution in [1.82, 2.24) is 0 Å². The van der Waals surface area contributed by atoms with Gasteiger partial charge in [-0.05, 0) is 18.1 Å². The Morgan fingerprint density at radius 2 is 2.31 bits per heavy atom. The second kappa shape index (κ2) is 2.85. The van der Waals surface area contributed by atoms with Crippen molar-refractivity contribution in [3.05, 3.63) is 29.3 Å². The van der Waals surface area contributed by atoms with Crippen LogP contribution in [0.25, 0.3) is 0 Å². The molecule has 2 rings (SSSR count). The van der Waals surface area contributed by atoms with Crippen molar-refractivity contribution >= 4 is 11.6 Å². The van der Waals surface area contributed by atoms with Crippen LogP contribution in [-0.4, -0.2) is 5.91 Å². The number of nitrogens with one attached hydrogen (secondary N) is 1. The molecule has 0 aromatic heterocycles. The Bertz CT molecular complexity index is 360. The fourth-order valence-electron chi connectivity index (χ4n) is 1.55. The summed E-state index contributed by atoms with van der Waals surface area (Å²) in [7, 11) is 0. The molecule has 0 unspecified atom stereocenters. The molecular formula is C10H12N2O. The number of anilines is 1. The number of hydrogen-bond donors (Lipinski definition) is 2. The predicted molar refractivity (Wildman–Crippen MR) is 51.4 cm³/mol. The van der Waals surface area contributed by atoms with Gasteiger partial charge >= 0.3 is 0 Å². The molecule has 1 heterocycles. The van der Waals surface area contributed by atoms with Crippen LogP contribution < -0.4 is 11.1 Å². The van der Waals surface area contributed by atoms with Gasteiger partial charge in [-0.1, -0.05) is 19.1 Å². The summed E-state index contributed by atoms with van der Waals surface area (Å²) in [5, 5.41) is 2.73. The van der Waals surface area contributed by atoms with Gasteiger partial charge in [-0.3, -0.25) is 4.79 Å². The van der Waals surface area contributed by atoms with E-state index in [0.717, 1.165) is 17.7 Å². The van der Waals surface area contributed by atoms with Gasteiger partial charge in [-0.2, -0.15) is 0 Å². The molecule has 0 saturated heterocycles. The SMILES string of the molecule is CCc1ccc2c(c1)[C@H](N)C(=O)N2. The van der Waals surface area contributed by atoms with Crippen LogP contribution in [0.4, 0.5) is 5.69 Å². The maximum atomic E-state index is 11.2. The molecule has 1 aliphatic rings. The molecule has 0 radical (unpaired) electrons. The van der Waals surface area contributed by atoms with Crippen LogP contribution in [0.3, 0.4) is 0 Å². The minimum absolute atomic E-state index is 0.108. The van der Waals surface area contributed by atoms with Gasteiger partial charge in [0.2, 0.25) is 5.91 Å². The Labute approximate surface area is 76.9 Å². The first-order valence-electron chi connectivity index (χ1n) is 4.41. The van der Waals surface area contributed by atoms with Gasteiger partial charge in [0.05, 0.1) is 0 Å². The van der Waals surface area contributed by atoms with Crippen LogP contribution >= 0.6 is 0 Å². The third-order valence-electron chi connectivity index (χ3n) is 2.40. The average Bonchev–Trinajstić information content (AvgIpc) is 2.43. The van der Waals surface area contributed by atoms with Gasteiger partial charge in [-0.15, -0.1) is 0 Å². The summed E-state index contributed by atoms with van der Waals surface area (Å²) in [6.45, 7) is 2.08. The Morgan fingerprint density at radius 1 is 1.54 bits per heavy atom. The molecule has 1 aliphatic heterocycles. The summed E-state index contributed by atoms with van der Waals surface area (Å²) in [5.41, 5.74) is 8.69. The Morgan fingerprint density at radius 3 is 3.00 bits per heavy atom. The van der Waals surface area contributed by atoms with Crippen molar-refractivity contribution in [2.75, 3.05) is 5.32 Å². The third-order valence-corrected chi connectivity index (χ3v) is 2.40. The lowest BCUT2D eigenvalue weighted by molar-refractivity contribution is -0.116. The van der Waals surface area contributed by atoms with E-state index < -0.39 is 6.04 Å². The van der Waals surface area contributed by atoms with E-state index in [1.165, 1.54) is 5.56 Å². The molecule has 13 heavy (non-hydrogen) atoms. The molecule has 1 aromatic carbocycles. The van der Waals surface area contributed by atoms with E-state index in [4.69, 9.17) is 5.73 Å². The maximum absolute atomic E-state index is 11.2. The zero-order valence-electron chi connectivity index (χ0n) is 7.50. The van der Waals surface area contributed by atoms with Gasteiger partial charge in [0.15, 0.2) is 0 Å². The van der Waals surface area contributed by atoms with Crippen LogP contribution in [0.5, 0.6) is 0 Å². The van der Waals surface area contributed by atoms with Crippen molar-refractivity contribution in [1.29, 1.82) is 0 Å². The quantitative estimate of drug-likeness (QED) is 0.675. The van der Waals surface area contributed by atoms with Crippen LogP contribution in [-0.2, 0) is 11.2 Å². The molecule has 0 saturated carbocycles. The second-order valence-electron chi connectivity index (χ2n) is 3.24. The topological polar surface area (TPSA) is 55.1 Å². The second-order valence-corrected chi connectivity index (χ2v) is 3.24. The first-order chi connectivity index (χ1) is 6.22. The van der Waals surface area contributed by atoms with Gasteiger partial charge in [0.1, 0.15) is 6.04 Å². The smallest absolute Gasteiger partial charge is 0.245 e. The zero-order chi connectivity index (χ0) is 9.42. The number of amides is 1. The minimum Gasteiger partial charge on any atom is -0.324 e. The first-order valence-corrected chi connectivity index (χ1v) is 4.41. The Balaban J connectivity index is 2.47. The highest BCUT2D eigenvalue weighted by Gasteiger charge is 2.26. The normalized spacial score (nSPS) is 19.8. The number of hydrogen-bond acceptors (Lipinski definition) is 2. The van der Waals surface area contributed by atoms with Crippen molar-refractivity contribution in [3.8, 4) is 0 Å². The van der Waals surface area contributed by atoms with Gasteiger partial charge in [0, 0.05) is 11.3 Å². The lowest BCUT2D eigenvalue weighted by Crippen LogP contribution is -2.19. The number of carbonyl (C=O) groups is 1. The van der Waals surface area contributed by atoms with Crippen LogP contribution in [0.15, 0.2) is 18.2 Å². The first kappa shape index (κ1) is 8.26. The minimum atomic E-state index is -0.485. The Kier molecular flexibility index (Phi) is 1.81. The fourth-order valence-corrected chi connectivity index (χ4v) is 1.55. The number of fused-ring (bicyclic) bond motifs is 1. The van der Waals surface area contributed by atoms with E-state index in [2.05, 4.69) is 12.2 Å². The molecule has 1 atom stereocenters. The van der Waals surface area contributed by atoms with Crippen LogP contribution in [0.2, 0.25) is 0 Å². The number of rotatable bonds is 1. The van der Waals surface area contributed by atoms with Crippen LogP contribution in [0.1, 0.15) is 24.1 Å². The number of aryl methyl sites for hydroxylation is 1. The van der Waals surface area contributed by atoms with E-state index in [1.54, 1.807) is 0 Å². The molecule has 3 nitrogen and oxygen atoms in total. The largest absolute Gasteiger partial charge is 0.324 e. The maximum Gasteiger partial charge on any atom is 0.245 e. The average molecular weight is 176 g/mol. The van der Waals surface area contributed by atoms with E-state index in [9.17, 15) is 4.79 Å². The van der Waals surface area contributed by atoms with Crippen molar-refractivity contribution in [2.24, 2.45) is 5.73 Å². The summed E-state index contributed by atoms with van der Waals surface area (Å²) in [4.78, 5) is 11.2. The standard InChI is InChI=1S/C10H12N2O/c1-2-6-3-4-8-7(5-6)9(11)10(13)12-8/h3-5,9H,2,11H2,1H3,(H,12,13)/t9-/m0/s1. The molecule has 68 valence electrons. The Hall–Kier alpha value is -1.35. The summed E-state index contributed by atoms with van der Waals surface area (Å²) in [6.07, 6.45) is 0.966. The molecule has 0 spiro atoms. The molecule has 0 bridgehead atoms. The molecule has 3 N–H and O–H groups in total. The summed E-state index contributed by atoms with van der Waals surface area (Å²) in [5.74, 6) is -0.108. The summed E-state index contributed by atoms with van der Waals surface area (Å²) < 4.78 is 0. The lowest BCUT2D eigenvalue weighted by atomic mass is 10.0. The molecule has 1 aromatic rings. The molecule has 3 heteroatoms. The lowest BCUT2D eigenvalue weighted by Gasteiger charge is -2.03. The summed E-state index contributed by atoms with van der Waals surface area (Å²) >= 11 is 0. The van der Waals surface area contributed by atoms with Crippen molar-refractivity contribution in [2.45, 2.75) is 19.4 Å². The van der Waals surface area contributed by atoms with E-state index in [-0.39, 0.29) is 5.91 Å². The predicted octanol–water partition coefficient (Wildman–Crippen LogP) is 1.20. The van der Waals surface area contributed by atoms with E-state index >= 15 is 0 Å². The zero-order valence-corrected chi connectivity index (χ0v) is 7.50. The van der Waals surface area contributed by atoms with Gasteiger partial charge in [0.25, 0.3) is 0 Å². The highest BCUT2D eigenvalue weighted by atomic mass is 16.2. The molecule has 1 amide bonds. The summed E-state index contributed by atoms with van der Waals surface area (Å²) in [6, 6.07) is 5.44. The monoisotopic (exact) mass is 176 g/mol. The number of nitrogens with two attached hydrogens (primary N) is 1. The van der Waals surface area contributed by atoms with Crippen molar-refractivity contribution in [3.63, 3.8) is 0 Å². The molecule has 0 fully saturated rings. The van der Waals surface area contributed by atoms with E-state index in [1.807, 2.05) is 18.2 Å². The van der Waals surface area contributed by atoms with E-state index in [0.29, 0.717) is 0 Å². The van der Waals surface area contributed by atoms with Gasteiger partial charge in [-0.25, -0.2) is 0 Å². The van der Waals surface area contributed by atoms with Gasteiger partial charge < -0.3 is 11.1 Å². The molecular weight excluding hydrogens is 164 g/mol. The van der Waals surface area contributed by atoms with Crippen LogP contribution in [0, 0.1) is 0 Å². The number of carbonyl (C=O) groups excluding carboxylic acids is 1. The number of benzene rings is 1. The molecule has 0 aliphatic carbocycles. The highest BCUT2D eigenvalue weighted by Crippen LogP contribution is 2.29.